The molecule has 1 aliphatic rings. The third kappa shape index (κ3) is 4.19. The van der Waals surface area contributed by atoms with Gasteiger partial charge in [-0.05, 0) is 62.2 Å². The van der Waals surface area contributed by atoms with E-state index in [2.05, 4.69) is 60.7 Å². The Hall–Kier alpha value is -2.04. The first-order chi connectivity index (χ1) is 12.6. The Morgan fingerprint density at radius 2 is 1.77 bits per heavy atom. The molecule has 2 aromatic rings. The number of likely N-dealkylation sites (N-methyl/N-ethyl adjacent to an activating group) is 1. The zero-order chi connectivity index (χ0) is 18.5. The van der Waals surface area contributed by atoms with Crippen LogP contribution in [0.1, 0.15) is 29.2 Å². The maximum Gasteiger partial charge on any atom is 0.161 e. The van der Waals surface area contributed by atoms with E-state index in [1.54, 1.807) is 14.2 Å². The molecule has 0 saturated heterocycles. The van der Waals surface area contributed by atoms with Crippen LogP contribution in [0.4, 0.5) is 0 Å². The molecule has 0 radical (unpaired) electrons. The van der Waals surface area contributed by atoms with E-state index in [9.17, 15) is 0 Å². The SMILES string of the molecule is COc1ccc(C(CNC2CCc3ccccc3C2)N(C)C)cc1OC. The molecule has 4 heteroatoms. The molecule has 0 saturated carbocycles. The third-order valence-electron chi connectivity index (χ3n) is 5.36. The minimum absolute atomic E-state index is 0.284. The highest BCUT2D eigenvalue weighted by molar-refractivity contribution is 5.44. The predicted octanol–water partition coefficient (Wildman–Crippen LogP) is 3.45. The van der Waals surface area contributed by atoms with Gasteiger partial charge in [0.05, 0.1) is 14.2 Å². The summed E-state index contributed by atoms with van der Waals surface area (Å²) in [6, 6.07) is 15.8. The van der Waals surface area contributed by atoms with Crippen molar-refractivity contribution in [2.24, 2.45) is 0 Å². The minimum atomic E-state index is 0.284. The Morgan fingerprint density at radius 1 is 1.04 bits per heavy atom. The minimum Gasteiger partial charge on any atom is -0.493 e. The first kappa shape index (κ1) is 18.7. The normalized spacial score (nSPS) is 17.7. The van der Waals surface area contributed by atoms with Gasteiger partial charge >= 0.3 is 0 Å². The third-order valence-corrected chi connectivity index (χ3v) is 5.36. The second-order valence-electron chi connectivity index (χ2n) is 7.21. The summed E-state index contributed by atoms with van der Waals surface area (Å²) in [6.07, 6.45) is 3.47. The highest BCUT2D eigenvalue weighted by Gasteiger charge is 2.21. The van der Waals surface area contributed by atoms with Crippen molar-refractivity contribution in [3.05, 3.63) is 59.2 Å². The second kappa shape index (κ2) is 8.56. The molecule has 0 amide bonds. The zero-order valence-corrected chi connectivity index (χ0v) is 16.3. The number of methoxy groups -OCH3 is 2. The lowest BCUT2D eigenvalue weighted by Gasteiger charge is -2.30. The van der Waals surface area contributed by atoms with E-state index in [0.29, 0.717) is 6.04 Å². The van der Waals surface area contributed by atoms with Crippen LogP contribution in [0.5, 0.6) is 11.5 Å². The molecule has 3 rings (SSSR count). The van der Waals surface area contributed by atoms with Crippen molar-refractivity contribution in [3.63, 3.8) is 0 Å². The first-order valence-electron chi connectivity index (χ1n) is 9.31. The van der Waals surface area contributed by atoms with Gasteiger partial charge in [0.15, 0.2) is 11.5 Å². The van der Waals surface area contributed by atoms with Crippen molar-refractivity contribution < 1.29 is 9.47 Å². The summed E-state index contributed by atoms with van der Waals surface area (Å²) >= 11 is 0. The van der Waals surface area contributed by atoms with Gasteiger partial charge in [-0.2, -0.15) is 0 Å². The maximum absolute atomic E-state index is 5.48. The van der Waals surface area contributed by atoms with E-state index >= 15 is 0 Å². The van der Waals surface area contributed by atoms with Gasteiger partial charge < -0.3 is 19.7 Å². The fourth-order valence-corrected chi connectivity index (χ4v) is 3.81. The molecule has 0 aromatic heterocycles. The first-order valence-corrected chi connectivity index (χ1v) is 9.31. The molecule has 2 atom stereocenters. The topological polar surface area (TPSA) is 33.7 Å². The number of fused-ring (bicyclic) bond motifs is 1. The quantitative estimate of drug-likeness (QED) is 0.826. The Morgan fingerprint density at radius 3 is 2.46 bits per heavy atom. The van der Waals surface area contributed by atoms with Crippen LogP contribution in [0.2, 0.25) is 0 Å². The summed E-state index contributed by atoms with van der Waals surface area (Å²) in [7, 11) is 7.60. The van der Waals surface area contributed by atoms with E-state index in [4.69, 9.17) is 9.47 Å². The molecule has 0 spiro atoms. The van der Waals surface area contributed by atoms with Gasteiger partial charge in [0, 0.05) is 18.6 Å². The van der Waals surface area contributed by atoms with Crippen molar-refractivity contribution in [2.45, 2.75) is 31.3 Å². The Bertz CT molecular complexity index is 730. The number of nitrogens with one attached hydrogen (secondary N) is 1. The summed E-state index contributed by atoms with van der Waals surface area (Å²) in [5.74, 6) is 1.55. The van der Waals surface area contributed by atoms with Gasteiger partial charge in [0.2, 0.25) is 0 Å². The van der Waals surface area contributed by atoms with Crippen molar-refractivity contribution in [3.8, 4) is 11.5 Å². The maximum atomic E-state index is 5.48. The van der Waals surface area contributed by atoms with Crippen LogP contribution in [0.3, 0.4) is 0 Å². The standard InChI is InChI=1S/C22H30N2O2/c1-24(2)20(18-10-12-21(25-3)22(14-18)26-4)15-23-19-11-9-16-7-5-6-8-17(16)13-19/h5-8,10,12,14,19-20,23H,9,11,13,15H2,1-4H3. The molecule has 0 bridgehead atoms. The van der Waals surface area contributed by atoms with E-state index in [-0.39, 0.29) is 6.04 Å². The second-order valence-corrected chi connectivity index (χ2v) is 7.21. The highest BCUT2D eigenvalue weighted by Crippen LogP contribution is 2.31. The van der Waals surface area contributed by atoms with E-state index in [0.717, 1.165) is 30.9 Å². The van der Waals surface area contributed by atoms with Crippen molar-refractivity contribution in [2.75, 3.05) is 34.9 Å². The number of rotatable bonds is 7. The molecular formula is C22H30N2O2. The number of hydrogen-bond acceptors (Lipinski definition) is 4. The lowest BCUT2D eigenvalue weighted by molar-refractivity contribution is 0.273. The van der Waals surface area contributed by atoms with Gasteiger partial charge in [-0.1, -0.05) is 30.3 Å². The fourth-order valence-electron chi connectivity index (χ4n) is 3.81. The van der Waals surface area contributed by atoms with Gasteiger partial charge in [-0.3, -0.25) is 0 Å². The number of ether oxygens (including phenoxy) is 2. The summed E-state index contributed by atoms with van der Waals surface area (Å²) in [5.41, 5.74) is 4.23. The van der Waals surface area contributed by atoms with Crippen LogP contribution in [0.25, 0.3) is 0 Å². The lowest BCUT2D eigenvalue weighted by Crippen LogP contribution is -2.40. The molecular weight excluding hydrogens is 324 g/mol. The van der Waals surface area contributed by atoms with Gasteiger partial charge in [0.25, 0.3) is 0 Å². The van der Waals surface area contributed by atoms with Crippen LogP contribution in [-0.4, -0.2) is 45.8 Å². The molecule has 26 heavy (non-hydrogen) atoms. The largest absolute Gasteiger partial charge is 0.493 e. The fraction of sp³-hybridized carbons (Fsp3) is 0.455. The molecule has 0 heterocycles. The van der Waals surface area contributed by atoms with Crippen LogP contribution in [-0.2, 0) is 12.8 Å². The lowest BCUT2D eigenvalue weighted by atomic mass is 9.88. The zero-order valence-electron chi connectivity index (χ0n) is 16.3. The molecule has 2 unspecified atom stereocenters. The summed E-state index contributed by atoms with van der Waals surface area (Å²) in [6.45, 7) is 0.912. The van der Waals surface area contributed by atoms with Crippen LogP contribution in [0, 0.1) is 0 Å². The van der Waals surface area contributed by atoms with Crippen molar-refractivity contribution in [1.82, 2.24) is 10.2 Å². The van der Waals surface area contributed by atoms with Crippen molar-refractivity contribution >= 4 is 0 Å². The predicted molar refractivity (Wildman–Crippen MR) is 106 cm³/mol. The monoisotopic (exact) mass is 354 g/mol. The summed E-state index contributed by atoms with van der Waals surface area (Å²) in [4.78, 5) is 2.25. The van der Waals surface area contributed by atoms with Crippen molar-refractivity contribution in [1.29, 1.82) is 0 Å². The molecule has 1 aliphatic carbocycles. The molecule has 4 nitrogen and oxygen atoms in total. The van der Waals surface area contributed by atoms with E-state index < -0.39 is 0 Å². The van der Waals surface area contributed by atoms with Gasteiger partial charge in [0.1, 0.15) is 0 Å². The highest BCUT2D eigenvalue weighted by atomic mass is 16.5. The average Bonchev–Trinajstić information content (AvgIpc) is 2.67. The smallest absolute Gasteiger partial charge is 0.161 e. The number of nitrogens with zero attached hydrogens (tertiary/aromatic N) is 1. The average molecular weight is 354 g/mol. The van der Waals surface area contributed by atoms with Gasteiger partial charge in [-0.15, -0.1) is 0 Å². The number of benzene rings is 2. The summed E-state index contributed by atoms with van der Waals surface area (Å²) < 4.78 is 10.8. The molecule has 140 valence electrons. The Balaban J connectivity index is 1.68. The molecule has 0 aliphatic heterocycles. The van der Waals surface area contributed by atoms with E-state index in [1.807, 2.05) is 6.07 Å². The molecule has 2 aromatic carbocycles. The van der Waals surface area contributed by atoms with Crippen LogP contribution < -0.4 is 14.8 Å². The molecule has 0 fully saturated rings. The number of aryl methyl sites for hydroxylation is 1. The number of hydrogen-bond donors (Lipinski definition) is 1. The van der Waals surface area contributed by atoms with Crippen LogP contribution in [0.15, 0.2) is 42.5 Å². The van der Waals surface area contributed by atoms with E-state index in [1.165, 1.54) is 23.1 Å². The summed E-state index contributed by atoms with van der Waals surface area (Å²) in [5, 5.41) is 3.79. The Labute approximate surface area is 157 Å². The van der Waals surface area contributed by atoms with Gasteiger partial charge in [-0.25, -0.2) is 0 Å². The molecule has 1 N–H and O–H groups in total. The Kier molecular flexibility index (Phi) is 6.17. The van der Waals surface area contributed by atoms with Crippen LogP contribution >= 0.6 is 0 Å².